The van der Waals surface area contributed by atoms with Crippen LogP contribution in [0.25, 0.3) is 0 Å². The van der Waals surface area contributed by atoms with Gasteiger partial charge in [-0.15, -0.1) is 0 Å². The van der Waals surface area contributed by atoms with E-state index in [-0.39, 0.29) is 18.9 Å². The molecule has 4 nitrogen and oxygen atoms in total. The Hall–Kier alpha value is -2.04. The van der Waals surface area contributed by atoms with Crippen molar-refractivity contribution in [2.24, 2.45) is 0 Å². The molecule has 0 aliphatic heterocycles. The van der Waals surface area contributed by atoms with Crippen LogP contribution in [-0.2, 0) is 4.79 Å². The van der Waals surface area contributed by atoms with Gasteiger partial charge in [0.05, 0.1) is 17.0 Å². The summed E-state index contributed by atoms with van der Waals surface area (Å²) in [6.45, 7) is 0.163. The first-order valence-electron chi connectivity index (χ1n) is 6.55. The van der Waals surface area contributed by atoms with Gasteiger partial charge in [0.15, 0.2) is 0 Å². The molecule has 1 N–H and O–H groups in total. The Kier molecular flexibility index (Phi) is 5.81. The fraction of sp³-hybridized carbons (Fsp3) is 0.125. The smallest absolute Gasteiger partial charge is 0.312 e. The minimum Gasteiger partial charge on any atom is -0.426 e. The van der Waals surface area contributed by atoms with Gasteiger partial charge in [-0.25, -0.2) is 0 Å². The molecule has 2 rings (SSSR count). The standard InChI is InChI=1S/C16H13Cl2NO3/c17-11-5-7-12(8-6-11)22-15(20)9-10-19-16(21)13-3-1-2-4-14(13)18/h1-8H,9-10H2,(H,19,21). The van der Waals surface area contributed by atoms with Gasteiger partial charge in [-0.3, -0.25) is 9.59 Å². The number of carbonyl (C=O) groups excluding carboxylic acids is 2. The minimum atomic E-state index is -0.443. The summed E-state index contributed by atoms with van der Waals surface area (Å²) in [4.78, 5) is 23.5. The summed E-state index contributed by atoms with van der Waals surface area (Å²) >= 11 is 11.7. The number of amides is 1. The molecule has 0 saturated heterocycles. The zero-order valence-corrected chi connectivity index (χ0v) is 13.0. The molecule has 0 heterocycles. The normalized spacial score (nSPS) is 10.1. The summed E-state index contributed by atoms with van der Waals surface area (Å²) in [7, 11) is 0. The van der Waals surface area contributed by atoms with E-state index in [0.29, 0.717) is 21.4 Å². The van der Waals surface area contributed by atoms with Crippen LogP contribution in [-0.4, -0.2) is 18.4 Å². The van der Waals surface area contributed by atoms with Crippen LogP contribution in [0, 0.1) is 0 Å². The van der Waals surface area contributed by atoms with Crippen molar-refractivity contribution in [3.63, 3.8) is 0 Å². The van der Waals surface area contributed by atoms with Crippen LogP contribution < -0.4 is 10.1 Å². The summed E-state index contributed by atoms with van der Waals surface area (Å²) in [6, 6.07) is 13.2. The molecule has 0 radical (unpaired) electrons. The summed E-state index contributed by atoms with van der Waals surface area (Å²) < 4.78 is 5.11. The minimum absolute atomic E-state index is 0.0544. The maximum atomic E-state index is 11.9. The Bertz CT molecular complexity index is 671. The average Bonchev–Trinajstić information content (AvgIpc) is 2.50. The number of esters is 1. The van der Waals surface area contributed by atoms with Gasteiger partial charge in [-0.05, 0) is 36.4 Å². The Morgan fingerprint density at radius 2 is 1.68 bits per heavy atom. The van der Waals surface area contributed by atoms with Crippen molar-refractivity contribution >= 4 is 35.1 Å². The van der Waals surface area contributed by atoms with Crippen molar-refractivity contribution in [2.45, 2.75) is 6.42 Å². The number of hydrogen-bond acceptors (Lipinski definition) is 3. The first kappa shape index (κ1) is 16.3. The van der Waals surface area contributed by atoms with E-state index in [2.05, 4.69) is 5.32 Å². The molecule has 2 aromatic carbocycles. The average molecular weight is 338 g/mol. The third kappa shape index (κ3) is 4.76. The first-order chi connectivity index (χ1) is 10.6. The van der Waals surface area contributed by atoms with Gasteiger partial charge in [-0.2, -0.15) is 0 Å². The van der Waals surface area contributed by atoms with Crippen LogP contribution in [0.2, 0.25) is 10.0 Å². The molecule has 114 valence electrons. The van der Waals surface area contributed by atoms with Gasteiger partial charge >= 0.3 is 5.97 Å². The Labute approximate surface area is 138 Å². The van der Waals surface area contributed by atoms with Gasteiger partial charge in [0.1, 0.15) is 5.75 Å². The Morgan fingerprint density at radius 3 is 2.36 bits per heavy atom. The lowest BCUT2D eigenvalue weighted by atomic mass is 10.2. The lowest BCUT2D eigenvalue weighted by Crippen LogP contribution is -2.27. The van der Waals surface area contributed by atoms with Gasteiger partial charge < -0.3 is 10.1 Å². The number of nitrogens with one attached hydrogen (secondary N) is 1. The molecule has 0 unspecified atom stereocenters. The highest BCUT2D eigenvalue weighted by Crippen LogP contribution is 2.16. The highest BCUT2D eigenvalue weighted by Gasteiger charge is 2.10. The number of halogens is 2. The van der Waals surface area contributed by atoms with Crippen LogP contribution in [0.15, 0.2) is 48.5 Å². The lowest BCUT2D eigenvalue weighted by molar-refractivity contribution is -0.134. The molecule has 0 bridgehead atoms. The number of ether oxygens (including phenoxy) is 1. The van der Waals surface area contributed by atoms with Crippen molar-refractivity contribution in [1.29, 1.82) is 0 Å². The molecule has 0 saturated carbocycles. The molecule has 0 aromatic heterocycles. The predicted molar refractivity (Wildman–Crippen MR) is 85.5 cm³/mol. The van der Waals surface area contributed by atoms with E-state index in [1.807, 2.05) is 0 Å². The maximum absolute atomic E-state index is 11.9. The van der Waals surface area contributed by atoms with Crippen LogP contribution >= 0.6 is 23.2 Å². The highest BCUT2D eigenvalue weighted by atomic mass is 35.5. The zero-order chi connectivity index (χ0) is 15.9. The monoisotopic (exact) mass is 337 g/mol. The van der Waals surface area contributed by atoms with E-state index in [4.69, 9.17) is 27.9 Å². The van der Waals surface area contributed by atoms with E-state index in [1.54, 1.807) is 48.5 Å². The second kappa shape index (κ2) is 7.82. The van der Waals surface area contributed by atoms with Crippen LogP contribution in [0.3, 0.4) is 0 Å². The van der Waals surface area contributed by atoms with E-state index in [1.165, 1.54) is 0 Å². The van der Waals surface area contributed by atoms with E-state index in [0.717, 1.165) is 0 Å². The Balaban J connectivity index is 1.78. The van der Waals surface area contributed by atoms with Gasteiger partial charge in [0, 0.05) is 11.6 Å². The molecule has 0 aliphatic carbocycles. The van der Waals surface area contributed by atoms with E-state index in [9.17, 15) is 9.59 Å². The molecule has 22 heavy (non-hydrogen) atoms. The predicted octanol–water partition coefficient (Wildman–Crippen LogP) is 3.72. The van der Waals surface area contributed by atoms with Crippen molar-refractivity contribution in [1.82, 2.24) is 5.32 Å². The van der Waals surface area contributed by atoms with Gasteiger partial charge in [0.25, 0.3) is 5.91 Å². The highest BCUT2D eigenvalue weighted by molar-refractivity contribution is 6.33. The van der Waals surface area contributed by atoms with Gasteiger partial charge in [-0.1, -0.05) is 35.3 Å². The van der Waals surface area contributed by atoms with Crippen LogP contribution in [0.5, 0.6) is 5.75 Å². The van der Waals surface area contributed by atoms with Crippen molar-refractivity contribution in [3.8, 4) is 5.75 Å². The Morgan fingerprint density at radius 1 is 1.00 bits per heavy atom. The number of rotatable bonds is 5. The quantitative estimate of drug-likeness (QED) is 0.668. The molecule has 1 amide bonds. The molecule has 2 aromatic rings. The van der Waals surface area contributed by atoms with E-state index >= 15 is 0 Å². The number of carbonyl (C=O) groups is 2. The van der Waals surface area contributed by atoms with Crippen molar-refractivity contribution in [2.75, 3.05) is 6.54 Å². The number of hydrogen-bond donors (Lipinski definition) is 1. The first-order valence-corrected chi connectivity index (χ1v) is 7.31. The summed E-state index contributed by atoms with van der Waals surface area (Å²) in [6.07, 6.45) is 0.0544. The lowest BCUT2D eigenvalue weighted by Gasteiger charge is -2.07. The molecule has 6 heteroatoms. The fourth-order valence-electron chi connectivity index (χ4n) is 1.70. The van der Waals surface area contributed by atoms with Gasteiger partial charge in [0.2, 0.25) is 0 Å². The second-order valence-electron chi connectivity index (χ2n) is 4.41. The summed E-state index contributed by atoms with van der Waals surface area (Å²) in [5.74, 6) is -0.362. The zero-order valence-electron chi connectivity index (χ0n) is 11.5. The second-order valence-corrected chi connectivity index (χ2v) is 5.26. The molecular weight excluding hydrogens is 325 g/mol. The molecule has 0 atom stereocenters. The van der Waals surface area contributed by atoms with Crippen molar-refractivity contribution < 1.29 is 14.3 Å². The molecule has 0 spiro atoms. The maximum Gasteiger partial charge on any atom is 0.312 e. The largest absolute Gasteiger partial charge is 0.426 e. The molecule has 0 aliphatic rings. The van der Waals surface area contributed by atoms with Crippen molar-refractivity contribution in [3.05, 3.63) is 64.1 Å². The SMILES string of the molecule is O=C(CCNC(=O)c1ccccc1Cl)Oc1ccc(Cl)cc1. The molecule has 0 fully saturated rings. The van der Waals surface area contributed by atoms with E-state index < -0.39 is 5.97 Å². The van der Waals surface area contributed by atoms with Crippen LogP contribution in [0.1, 0.15) is 16.8 Å². The third-order valence-corrected chi connectivity index (χ3v) is 3.36. The third-order valence-electron chi connectivity index (χ3n) is 2.78. The summed E-state index contributed by atoms with van der Waals surface area (Å²) in [5.41, 5.74) is 0.371. The molecular formula is C16H13Cl2NO3. The van der Waals surface area contributed by atoms with Crippen LogP contribution in [0.4, 0.5) is 0 Å². The topological polar surface area (TPSA) is 55.4 Å². The fourth-order valence-corrected chi connectivity index (χ4v) is 2.05. The number of benzene rings is 2. The summed E-state index contributed by atoms with van der Waals surface area (Å²) in [5, 5.41) is 3.55.